The molecule has 0 aromatic carbocycles. The zero-order valence-electron chi connectivity index (χ0n) is 22.9. The van der Waals surface area contributed by atoms with Crippen LogP contribution in [0.2, 0.25) is 0 Å². The molecule has 37 heavy (non-hydrogen) atoms. The van der Waals surface area contributed by atoms with Crippen molar-refractivity contribution in [2.45, 2.75) is 94.2 Å². The molecule has 0 aliphatic carbocycles. The van der Waals surface area contributed by atoms with E-state index in [1.807, 2.05) is 18.7 Å². The topological polar surface area (TPSA) is 87.1 Å². The largest absolute Gasteiger partial charge is 0.465 e. The molecule has 2 bridgehead atoms. The maximum absolute atomic E-state index is 14.3. The van der Waals surface area contributed by atoms with Gasteiger partial charge >= 0.3 is 5.97 Å². The molecule has 208 valence electrons. The number of rotatable bonds is 16. The first kappa shape index (κ1) is 29.8. The third kappa shape index (κ3) is 5.65. The van der Waals surface area contributed by atoms with Crippen molar-refractivity contribution in [3.8, 4) is 0 Å². The van der Waals surface area contributed by atoms with Crippen LogP contribution in [0.25, 0.3) is 0 Å². The second kappa shape index (κ2) is 13.3. The van der Waals surface area contributed by atoms with Gasteiger partial charge in [0.25, 0.3) is 0 Å². The minimum absolute atomic E-state index is 0.0129. The number of aliphatic hydroxyl groups excluding tert-OH is 1. The number of ether oxygens (including phenoxy) is 1. The van der Waals surface area contributed by atoms with Gasteiger partial charge in [-0.25, -0.2) is 0 Å². The number of nitrogens with zero attached hydrogens (tertiary/aromatic N) is 2. The number of allylic oxidation sites excluding steroid dienone is 1. The number of esters is 1. The second-order valence-electron chi connectivity index (χ2n) is 10.8. The van der Waals surface area contributed by atoms with Crippen LogP contribution in [0, 0.1) is 17.8 Å². The van der Waals surface area contributed by atoms with Crippen molar-refractivity contribution in [1.82, 2.24) is 9.80 Å². The number of thioether (sulfide) groups is 1. The maximum atomic E-state index is 14.3. The van der Waals surface area contributed by atoms with E-state index < -0.39 is 28.7 Å². The third-order valence-electron chi connectivity index (χ3n) is 8.58. The van der Waals surface area contributed by atoms with Crippen LogP contribution in [0.1, 0.15) is 72.1 Å². The molecular formula is C29H46N2O5S. The molecule has 0 aromatic heterocycles. The molecule has 0 radical (unpaired) electrons. The lowest BCUT2D eigenvalue weighted by Gasteiger charge is -2.41. The predicted octanol–water partition coefficient (Wildman–Crippen LogP) is 4.20. The smallest absolute Gasteiger partial charge is 0.310 e. The van der Waals surface area contributed by atoms with Gasteiger partial charge in [0.1, 0.15) is 6.04 Å². The summed E-state index contributed by atoms with van der Waals surface area (Å²) in [5.41, 5.74) is 0. The van der Waals surface area contributed by atoms with Gasteiger partial charge in [-0.2, -0.15) is 0 Å². The molecule has 3 aliphatic rings. The maximum Gasteiger partial charge on any atom is 0.310 e. The lowest BCUT2D eigenvalue weighted by molar-refractivity contribution is -0.155. The van der Waals surface area contributed by atoms with E-state index >= 15 is 0 Å². The van der Waals surface area contributed by atoms with Crippen molar-refractivity contribution in [3.63, 3.8) is 0 Å². The molecule has 8 heteroatoms. The SMILES string of the molecule is C=CCCCOC(=O)[C@@H]1[C@H]2C(=O)N([C@@H](CO)[C@@H](C)CC)C(C(=O)N(CC=C)CCCCC)C23CC[C@H]1S3. The van der Waals surface area contributed by atoms with Crippen molar-refractivity contribution in [1.29, 1.82) is 0 Å². The number of carbonyl (C=O) groups excluding carboxylic acids is 3. The van der Waals surface area contributed by atoms with Gasteiger partial charge in [0.2, 0.25) is 11.8 Å². The van der Waals surface area contributed by atoms with Crippen LogP contribution in [-0.2, 0) is 19.1 Å². The fourth-order valence-corrected chi connectivity index (χ4v) is 8.67. The molecule has 0 aromatic rings. The average Bonchev–Trinajstić information content (AvgIpc) is 3.54. The molecule has 3 rings (SSSR count). The molecule has 3 heterocycles. The van der Waals surface area contributed by atoms with Crippen molar-refractivity contribution >= 4 is 29.5 Å². The Morgan fingerprint density at radius 2 is 2.03 bits per heavy atom. The molecule has 7 nitrogen and oxygen atoms in total. The summed E-state index contributed by atoms with van der Waals surface area (Å²) >= 11 is 1.65. The van der Waals surface area contributed by atoms with Crippen LogP contribution in [0.4, 0.5) is 0 Å². The van der Waals surface area contributed by atoms with Crippen molar-refractivity contribution in [2.24, 2.45) is 17.8 Å². The normalized spacial score (nSPS) is 29.6. The number of hydrogen-bond acceptors (Lipinski definition) is 6. The highest BCUT2D eigenvalue weighted by Gasteiger charge is 2.75. The Morgan fingerprint density at radius 1 is 1.27 bits per heavy atom. The first-order valence-corrected chi connectivity index (χ1v) is 15.0. The van der Waals surface area contributed by atoms with Crippen molar-refractivity contribution < 1.29 is 24.2 Å². The Bertz CT molecular complexity index is 850. The van der Waals surface area contributed by atoms with Crippen LogP contribution >= 0.6 is 11.8 Å². The van der Waals surface area contributed by atoms with Gasteiger partial charge in [0, 0.05) is 18.3 Å². The van der Waals surface area contributed by atoms with Crippen LogP contribution in [0.3, 0.4) is 0 Å². The summed E-state index contributed by atoms with van der Waals surface area (Å²) in [7, 11) is 0. The zero-order valence-corrected chi connectivity index (χ0v) is 23.7. The highest BCUT2D eigenvalue weighted by atomic mass is 32.2. The van der Waals surface area contributed by atoms with Crippen molar-refractivity contribution in [3.05, 3.63) is 25.3 Å². The minimum Gasteiger partial charge on any atom is -0.465 e. The molecule has 7 atom stereocenters. The van der Waals surface area contributed by atoms with Crippen LogP contribution < -0.4 is 0 Å². The van der Waals surface area contributed by atoms with Gasteiger partial charge in [-0.15, -0.1) is 24.9 Å². The monoisotopic (exact) mass is 534 g/mol. The van der Waals surface area contributed by atoms with Gasteiger partial charge in [-0.1, -0.05) is 52.2 Å². The summed E-state index contributed by atoms with van der Waals surface area (Å²) in [6, 6.07) is -1.18. The van der Waals surface area contributed by atoms with E-state index in [0.29, 0.717) is 32.5 Å². The summed E-state index contributed by atoms with van der Waals surface area (Å²) in [6.07, 6.45) is 10.2. The molecular weight excluding hydrogens is 488 g/mol. The first-order chi connectivity index (χ1) is 17.8. The summed E-state index contributed by atoms with van der Waals surface area (Å²) in [4.78, 5) is 45.4. The molecule has 3 saturated heterocycles. The van der Waals surface area contributed by atoms with E-state index in [1.165, 1.54) is 0 Å². The van der Waals surface area contributed by atoms with Gasteiger partial charge in [-0.3, -0.25) is 14.4 Å². The fraction of sp³-hybridized carbons (Fsp3) is 0.759. The molecule has 0 saturated carbocycles. The molecule has 1 spiro atoms. The Morgan fingerprint density at radius 3 is 2.65 bits per heavy atom. The number of likely N-dealkylation sites (tertiary alicyclic amines) is 1. The number of fused-ring (bicyclic) bond motifs is 1. The highest BCUT2D eigenvalue weighted by Crippen LogP contribution is 2.67. The standard InChI is InChI=1S/C29H46N2O5S/c1-6-10-12-17-30(16-8-3)27(34)25-29-15-14-22(37-29)23(28(35)36-18-13-11-7-2)24(29)26(33)31(25)21(19-32)20(5)9-4/h7-8,20-25,32H,2-3,6,9-19H2,1,4-5H3/t20-,21-,22+,23-,24-,25?,29?/m0/s1. The van der Waals surface area contributed by atoms with Crippen molar-refractivity contribution in [2.75, 3.05) is 26.3 Å². The Labute approximate surface area is 227 Å². The lowest BCUT2D eigenvalue weighted by atomic mass is 9.71. The number of aliphatic hydroxyl groups is 1. The zero-order chi connectivity index (χ0) is 27.2. The Balaban J connectivity index is 1.99. The van der Waals surface area contributed by atoms with E-state index in [1.54, 1.807) is 28.8 Å². The van der Waals surface area contributed by atoms with E-state index in [0.717, 1.165) is 38.5 Å². The van der Waals surface area contributed by atoms with Crippen LogP contribution in [0.15, 0.2) is 25.3 Å². The van der Waals surface area contributed by atoms with Crippen LogP contribution in [-0.4, -0.2) is 81.1 Å². The Hall–Kier alpha value is -1.80. The summed E-state index contributed by atoms with van der Waals surface area (Å²) in [5, 5.41) is 10.4. The number of hydrogen-bond donors (Lipinski definition) is 1. The van der Waals surface area contributed by atoms with E-state index in [4.69, 9.17) is 4.74 Å². The van der Waals surface area contributed by atoms with Gasteiger partial charge in [-0.05, 0) is 38.0 Å². The Kier molecular flexibility index (Phi) is 10.7. The number of unbranched alkanes of at least 4 members (excludes halogenated alkanes) is 3. The minimum atomic E-state index is -0.703. The predicted molar refractivity (Wildman–Crippen MR) is 148 cm³/mol. The average molecular weight is 535 g/mol. The lowest BCUT2D eigenvalue weighted by Crippen LogP contribution is -2.58. The van der Waals surface area contributed by atoms with Crippen LogP contribution in [0.5, 0.6) is 0 Å². The summed E-state index contributed by atoms with van der Waals surface area (Å²) in [6.45, 7) is 14.9. The second-order valence-corrected chi connectivity index (χ2v) is 12.4. The van der Waals surface area contributed by atoms with E-state index in [9.17, 15) is 19.5 Å². The number of carbonyl (C=O) groups is 3. The molecule has 1 N–H and O–H groups in total. The van der Waals surface area contributed by atoms with Gasteiger partial charge in [0.05, 0.1) is 35.8 Å². The van der Waals surface area contributed by atoms with Gasteiger partial charge in [0.15, 0.2) is 0 Å². The van der Waals surface area contributed by atoms with Gasteiger partial charge < -0.3 is 19.6 Å². The van der Waals surface area contributed by atoms with E-state index in [-0.39, 0.29) is 35.6 Å². The molecule has 2 amide bonds. The number of amides is 2. The molecule has 3 aliphatic heterocycles. The summed E-state index contributed by atoms with van der Waals surface area (Å²) < 4.78 is 4.97. The van der Waals surface area contributed by atoms with E-state index in [2.05, 4.69) is 20.1 Å². The summed E-state index contributed by atoms with van der Waals surface area (Å²) in [5.74, 6) is -1.73. The highest BCUT2D eigenvalue weighted by molar-refractivity contribution is 8.02. The fourth-order valence-electron chi connectivity index (χ4n) is 6.48. The third-order valence-corrected chi connectivity index (χ3v) is 10.5. The molecule has 2 unspecified atom stereocenters. The first-order valence-electron chi connectivity index (χ1n) is 14.1. The quantitative estimate of drug-likeness (QED) is 0.181. The molecule has 3 fully saturated rings.